The summed E-state index contributed by atoms with van der Waals surface area (Å²) in [5.41, 5.74) is 1.24. The lowest BCUT2D eigenvalue weighted by Crippen LogP contribution is -2.24. The molecule has 2 aliphatic heterocycles. The summed E-state index contributed by atoms with van der Waals surface area (Å²) in [6.07, 6.45) is 0. The van der Waals surface area contributed by atoms with E-state index in [1.807, 2.05) is 12.1 Å². The molecule has 4 heteroatoms. The molecule has 2 saturated heterocycles. The average molecular weight is 233 g/mol. The van der Waals surface area contributed by atoms with Crippen molar-refractivity contribution in [2.75, 3.05) is 31.2 Å². The van der Waals surface area contributed by atoms with Crippen molar-refractivity contribution in [3.63, 3.8) is 0 Å². The Bertz CT molecular complexity index is 434. The minimum absolute atomic E-state index is 0.397. The number of nitrogens with zero attached hydrogens (tertiary/aromatic N) is 1. The summed E-state index contributed by atoms with van der Waals surface area (Å²) >= 11 is 0. The van der Waals surface area contributed by atoms with E-state index >= 15 is 0 Å². The minimum Gasteiger partial charge on any atom is -0.478 e. The highest BCUT2D eigenvalue weighted by molar-refractivity contribution is 5.94. The molecule has 0 radical (unpaired) electrons. The molecule has 1 aromatic carbocycles. The van der Waals surface area contributed by atoms with Crippen LogP contribution in [0.5, 0.6) is 0 Å². The largest absolute Gasteiger partial charge is 0.478 e. The molecular formula is C13H15NO3. The number of hydrogen-bond donors (Lipinski definition) is 1. The molecule has 2 atom stereocenters. The summed E-state index contributed by atoms with van der Waals surface area (Å²) in [5.74, 6) is 0.280. The van der Waals surface area contributed by atoms with Gasteiger partial charge in [0.2, 0.25) is 0 Å². The maximum atomic E-state index is 11.2. The standard InChI is InChI=1S/C13H15NO3/c15-13(16)11-3-1-2-4-12(11)14-5-9-7-17-8-10(9)6-14/h1-4,9-10H,5-8H2,(H,15,16)/t9-,10-/m1/s1. The van der Waals surface area contributed by atoms with Gasteiger partial charge in [-0.3, -0.25) is 0 Å². The van der Waals surface area contributed by atoms with Gasteiger partial charge >= 0.3 is 5.97 Å². The zero-order chi connectivity index (χ0) is 11.8. The summed E-state index contributed by atoms with van der Waals surface area (Å²) in [5, 5.41) is 9.18. The second-order valence-electron chi connectivity index (χ2n) is 4.78. The Morgan fingerprint density at radius 3 is 2.53 bits per heavy atom. The number of anilines is 1. The lowest BCUT2D eigenvalue weighted by molar-refractivity contribution is 0.0697. The van der Waals surface area contributed by atoms with Crippen LogP contribution in [0.2, 0.25) is 0 Å². The summed E-state index contributed by atoms with van der Waals surface area (Å²) in [4.78, 5) is 13.4. The fourth-order valence-corrected chi connectivity index (χ4v) is 2.81. The van der Waals surface area contributed by atoms with Crippen LogP contribution in [0.15, 0.2) is 24.3 Å². The summed E-state index contributed by atoms with van der Waals surface area (Å²) < 4.78 is 5.43. The number of benzene rings is 1. The third kappa shape index (κ3) is 1.78. The smallest absolute Gasteiger partial charge is 0.337 e. The van der Waals surface area contributed by atoms with E-state index in [1.165, 1.54) is 0 Å². The van der Waals surface area contributed by atoms with Gasteiger partial charge in [-0.2, -0.15) is 0 Å². The number of rotatable bonds is 2. The van der Waals surface area contributed by atoms with E-state index in [-0.39, 0.29) is 0 Å². The van der Waals surface area contributed by atoms with Gasteiger partial charge in [-0.05, 0) is 12.1 Å². The van der Waals surface area contributed by atoms with Crippen LogP contribution >= 0.6 is 0 Å². The van der Waals surface area contributed by atoms with E-state index in [0.29, 0.717) is 17.4 Å². The van der Waals surface area contributed by atoms with Crippen LogP contribution in [0.1, 0.15) is 10.4 Å². The van der Waals surface area contributed by atoms with Crippen LogP contribution in [0.25, 0.3) is 0 Å². The Morgan fingerprint density at radius 1 is 1.24 bits per heavy atom. The van der Waals surface area contributed by atoms with Crippen molar-refractivity contribution in [1.82, 2.24) is 0 Å². The third-order valence-corrected chi connectivity index (χ3v) is 3.72. The van der Waals surface area contributed by atoms with Gasteiger partial charge in [-0.1, -0.05) is 12.1 Å². The molecule has 0 spiro atoms. The Kier molecular flexibility index (Phi) is 2.52. The Labute approximate surface area is 99.8 Å². The molecule has 0 saturated carbocycles. The van der Waals surface area contributed by atoms with E-state index < -0.39 is 5.97 Å². The predicted octanol–water partition coefficient (Wildman–Crippen LogP) is 1.47. The molecule has 0 amide bonds. The van der Waals surface area contributed by atoms with Crippen LogP contribution in [0.4, 0.5) is 5.69 Å². The highest BCUT2D eigenvalue weighted by Crippen LogP contribution is 2.33. The number of carboxylic acid groups (broad SMARTS) is 1. The molecule has 2 heterocycles. The number of carbonyl (C=O) groups is 1. The van der Waals surface area contributed by atoms with Gasteiger partial charge in [0.15, 0.2) is 0 Å². The van der Waals surface area contributed by atoms with Crippen LogP contribution in [-0.2, 0) is 4.74 Å². The quantitative estimate of drug-likeness (QED) is 0.840. The second-order valence-corrected chi connectivity index (χ2v) is 4.78. The van der Waals surface area contributed by atoms with Crippen LogP contribution in [0.3, 0.4) is 0 Å². The lowest BCUT2D eigenvalue weighted by Gasteiger charge is -2.21. The molecule has 3 rings (SSSR count). The SMILES string of the molecule is O=C(O)c1ccccc1N1C[C@@H]2COC[C@H]2C1. The number of hydrogen-bond acceptors (Lipinski definition) is 3. The van der Waals surface area contributed by atoms with E-state index in [2.05, 4.69) is 4.90 Å². The van der Waals surface area contributed by atoms with Gasteiger partial charge in [0.25, 0.3) is 0 Å². The van der Waals surface area contributed by atoms with Crippen molar-refractivity contribution in [2.45, 2.75) is 0 Å². The molecule has 0 bridgehead atoms. The molecule has 1 aromatic rings. The first-order chi connectivity index (χ1) is 8.25. The van der Waals surface area contributed by atoms with Crippen LogP contribution in [0, 0.1) is 11.8 Å². The Morgan fingerprint density at radius 2 is 1.88 bits per heavy atom. The Balaban J connectivity index is 1.88. The van der Waals surface area contributed by atoms with Crippen molar-refractivity contribution in [3.05, 3.63) is 29.8 Å². The topological polar surface area (TPSA) is 49.8 Å². The van der Waals surface area contributed by atoms with Crippen LogP contribution in [-0.4, -0.2) is 37.4 Å². The number of carboxylic acids is 1. The van der Waals surface area contributed by atoms with Crippen molar-refractivity contribution in [2.24, 2.45) is 11.8 Å². The molecule has 2 fully saturated rings. The van der Waals surface area contributed by atoms with Crippen molar-refractivity contribution in [1.29, 1.82) is 0 Å². The van der Waals surface area contributed by atoms with Crippen LogP contribution < -0.4 is 4.90 Å². The Hall–Kier alpha value is -1.55. The second kappa shape index (κ2) is 4.04. The fraction of sp³-hybridized carbons (Fsp3) is 0.462. The van der Waals surface area contributed by atoms with Gasteiger partial charge in [-0.15, -0.1) is 0 Å². The highest BCUT2D eigenvalue weighted by Gasteiger charge is 2.37. The summed E-state index contributed by atoms with van der Waals surface area (Å²) in [6, 6.07) is 7.23. The highest BCUT2D eigenvalue weighted by atomic mass is 16.5. The van der Waals surface area contributed by atoms with E-state index in [9.17, 15) is 9.90 Å². The molecule has 90 valence electrons. The molecular weight excluding hydrogens is 218 g/mol. The summed E-state index contributed by atoms with van der Waals surface area (Å²) in [7, 11) is 0. The number of para-hydroxylation sites is 1. The molecule has 17 heavy (non-hydrogen) atoms. The molecule has 1 N–H and O–H groups in total. The first-order valence-corrected chi connectivity index (χ1v) is 5.90. The monoisotopic (exact) mass is 233 g/mol. The first kappa shape index (κ1) is 10.6. The van der Waals surface area contributed by atoms with Crippen molar-refractivity contribution in [3.8, 4) is 0 Å². The molecule has 0 aromatic heterocycles. The summed E-state index contributed by atoms with van der Waals surface area (Å²) in [6.45, 7) is 3.46. The van der Waals surface area contributed by atoms with Gasteiger partial charge in [0.05, 0.1) is 24.5 Å². The normalized spacial score (nSPS) is 27.2. The molecule has 2 aliphatic rings. The third-order valence-electron chi connectivity index (χ3n) is 3.72. The number of aromatic carboxylic acids is 1. The molecule has 4 nitrogen and oxygen atoms in total. The molecule has 0 aliphatic carbocycles. The average Bonchev–Trinajstić information content (AvgIpc) is 2.88. The van der Waals surface area contributed by atoms with E-state index in [1.54, 1.807) is 12.1 Å². The first-order valence-electron chi connectivity index (χ1n) is 5.90. The maximum absolute atomic E-state index is 11.2. The van der Waals surface area contributed by atoms with E-state index in [0.717, 1.165) is 32.0 Å². The number of ether oxygens (including phenoxy) is 1. The molecule has 0 unspecified atom stereocenters. The minimum atomic E-state index is -0.853. The number of fused-ring (bicyclic) bond motifs is 1. The van der Waals surface area contributed by atoms with E-state index in [4.69, 9.17) is 4.74 Å². The van der Waals surface area contributed by atoms with Gasteiger partial charge in [0.1, 0.15) is 0 Å². The zero-order valence-corrected chi connectivity index (χ0v) is 9.50. The lowest BCUT2D eigenvalue weighted by atomic mass is 10.0. The maximum Gasteiger partial charge on any atom is 0.337 e. The fourth-order valence-electron chi connectivity index (χ4n) is 2.81. The van der Waals surface area contributed by atoms with Crippen molar-refractivity contribution >= 4 is 11.7 Å². The van der Waals surface area contributed by atoms with Gasteiger partial charge in [0, 0.05) is 24.9 Å². The van der Waals surface area contributed by atoms with Gasteiger partial charge in [-0.25, -0.2) is 4.79 Å². The predicted molar refractivity (Wildman–Crippen MR) is 63.4 cm³/mol. The zero-order valence-electron chi connectivity index (χ0n) is 9.50. The van der Waals surface area contributed by atoms with Crippen molar-refractivity contribution < 1.29 is 14.6 Å². The van der Waals surface area contributed by atoms with Gasteiger partial charge < -0.3 is 14.7 Å².